The third-order valence-corrected chi connectivity index (χ3v) is 10.2. The van der Waals surface area contributed by atoms with E-state index in [2.05, 4.69) is 20.8 Å². The maximum Gasteiger partial charge on any atom is 0.417 e. The molecule has 2 unspecified atom stereocenters. The Bertz CT molecular complexity index is 472. The number of carbonyl (C=O) groups excluding carboxylic acids is 2. The number of hydrogen-bond donors (Lipinski definition) is 0. The van der Waals surface area contributed by atoms with Crippen LogP contribution in [0.5, 0.6) is 0 Å². The number of imide groups is 1. The van der Waals surface area contributed by atoms with Crippen molar-refractivity contribution in [3.63, 3.8) is 0 Å². The number of carbonyl (C=O) groups is 2. The SMILES string of the molecule is CC[Si](CC)(CC)OC1C(=O)N(C(=O)OC(C)(C)C)C1C1CCC1. The van der Waals surface area contributed by atoms with Gasteiger partial charge in [-0.3, -0.25) is 4.79 Å². The molecule has 2 rings (SSSR count). The first-order chi connectivity index (χ1) is 11.2. The van der Waals surface area contributed by atoms with Gasteiger partial charge in [0.05, 0.1) is 6.04 Å². The molecule has 24 heavy (non-hydrogen) atoms. The van der Waals surface area contributed by atoms with Crippen molar-refractivity contribution in [2.45, 2.75) is 96.7 Å². The normalized spacial score (nSPS) is 25.2. The van der Waals surface area contributed by atoms with Crippen molar-refractivity contribution in [3.05, 3.63) is 0 Å². The number of nitrogens with zero attached hydrogens (tertiary/aromatic N) is 1. The van der Waals surface area contributed by atoms with Gasteiger partial charge in [-0.25, -0.2) is 9.69 Å². The number of ether oxygens (including phenoxy) is 1. The summed E-state index contributed by atoms with van der Waals surface area (Å²) in [6, 6.07) is 2.90. The van der Waals surface area contributed by atoms with Gasteiger partial charge in [0.25, 0.3) is 5.91 Å². The molecule has 2 atom stereocenters. The Kier molecular flexibility index (Phi) is 5.80. The molecular weight excluding hydrogens is 322 g/mol. The summed E-state index contributed by atoms with van der Waals surface area (Å²) in [6.45, 7) is 11.9. The third-order valence-electron chi connectivity index (χ3n) is 5.62. The highest BCUT2D eigenvalue weighted by Crippen LogP contribution is 2.42. The Labute approximate surface area is 147 Å². The summed E-state index contributed by atoms with van der Waals surface area (Å²) in [6.07, 6.45) is 2.35. The summed E-state index contributed by atoms with van der Waals surface area (Å²) in [4.78, 5) is 26.5. The Morgan fingerprint density at radius 1 is 1.17 bits per heavy atom. The molecule has 0 aromatic carbocycles. The van der Waals surface area contributed by atoms with E-state index in [0.29, 0.717) is 5.92 Å². The topological polar surface area (TPSA) is 55.8 Å². The summed E-state index contributed by atoms with van der Waals surface area (Å²) < 4.78 is 11.9. The molecule has 2 fully saturated rings. The minimum Gasteiger partial charge on any atom is -0.443 e. The number of amides is 2. The monoisotopic (exact) mass is 355 g/mol. The van der Waals surface area contributed by atoms with Crippen LogP contribution in [0, 0.1) is 5.92 Å². The number of hydrogen-bond acceptors (Lipinski definition) is 4. The molecule has 0 N–H and O–H groups in total. The first-order valence-electron chi connectivity index (χ1n) is 9.42. The molecule has 0 spiro atoms. The van der Waals surface area contributed by atoms with Gasteiger partial charge in [-0.15, -0.1) is 0 Å². The number of β-lactam (4-membered cyclic amide) rings is 1. The van der Waals surface area contributed by atoms with Gasteiger partial charge in [0.1, 0.15) is 11.7 Å². The molecule has 0 radical (unpaired) electrons. The second kappa shape index (κ2) is 7.16. The lowest BCUT2D eigenvalue weighted by Gasteiger charge is -2.53. The Morgan fingerprint density at radius 3 is 2.08 bits per heavy atom. The van der Waals surface area contributed by atoms with E-state index in [1.165, 1.54) is 11.3 Å². The highest BCUT2D eigenvalue weighted by atomic mass is 28.4. The molecular formula is C18H33NO4Si. The summed E-state index contributed by atoms with van der Waals surface area (Å²) in [5, 5.41) is 0. The van der Waals surface area contributed by atoms with Crippen LogP contribution in [0.1, 0.15) is 60.8 Å². The van der Waals surface area contributed by atoms with Crippen LogP contribution in [0.3, 0.4) is 0 Å². The van der Waals surface area contributed by atoms with Gasteiger partial charge in [-0.2, -0.15) is 0 Å². The molecule has 1 aliphatic carbocycles. The standard InChI is InChI=1S/C18H33NO4Si/c1-7-24(8-2,9-3)23-15-14(13-11-10-12-13)19(16(15)20)17(21)22-18(4,5)6/h13-15H,7-12H2,1-6H3. The molecule has 5 nitrogen and oxygen atoms in total. The molecule has 1 saturated carbocycles. The van der Waals surface area contributed by atoms with Crippen molar-refractivity contribution in [1.82, 2.24) is 4.90 Å². The zero-order chi connectivity index (χ0) is 18.1. The summed E-state index contributed by atoms with van der Waals surface area (Å²) in [5.74, 6) is 0.172. The van der Waals surface area contributed by atoms with Crippen molar-refractivity contribution in [1.29, 1.82) is 0 Å². The molecule has 1 aliphatic heterocycles. The maximum atomic E-state index is 12.7. The van der Waals surface area contributed by atoms with E-state index >= 15 is 0 Å². The van der Waals surface area contributed by atoms with Gasteiger partial charge in [0.15, 0.2) is 8.32 Å². The fraction of sp³-hybridized carbons (Fsp3) is 0.889. The van der Waals surface area contributed by atoms with E-state index in [1.807, 2.05) is 20.8 Å². The second-order valence-corrected chi connectivity index (χ2v) is 12.9. The average Bonchev–Trinajstić information content (AvgIpc) is 2.45. The van der Waals surface area contributed by atoms with Gasteiger partial charge in [0.2, 0.25) is 0 Å². The summed E-state index contributed by atoms with van der Waals surface area (Å²) in [5.41, 5.74) is -0.595. The lowest BCUT2D eigenvalue weighted by molar-refractivity contribution is -0.168. The second-order valence-electron chi connectivity index (χ2n) is 8.15. The molecule has 0 aromatic heterocycles. The van der Waals surface area contributed by atoms with Crippen molar-refractivity contribution < 1.29 is 18.8 Å². The molecule has 0 bridgehead atoms. The zero-order valence-corrected chi connectivity index (χ0v) is 17.1. The van der Waals surface area contributed by atoms with Crippen molar-refractivity contribution in [2.75, 3.05) is 0 Å². The Balaban J connectivity index is 2.15. The largest absolute Gasteiger partial charge is 0.443 e. The molecule has 138 valence electrons. The fourth-order valence-electron chi connectivity index (χ4n) is 3.63. The van der Waals surface area contributed by atoms with E-state index in [4.69, 9.17) is 9.16 Å². The van der Waals surface area contributed by atoms with E-state index in [0.717, 1.165) is 31.0 Å². The smallest absolute Gasteiger partial charge is 0.417 e. The van der Waals surface area contributed by atoms with Gasteiger partial charge < -0.3 is 9.16 Å². The average molecular weight is 356 g/mol. The van der Waals surface area contributed by atoms with Crippen LogP contribution in [0.15, 0.2) is 0 Å². The van der Waals surface area contributed by atoms with Gasteiger partial charge in [-0.1, -0.05) is 27.2 Å². The number of likely N-dealkylation sites (tertiary alicyclic amines) is 1. The highest BCUT2D eigenvalue weighted by molar-refractivity contribution is 6.73. The third kappa shape index (κ3) is 3.69. The minimum atomic E-state index is -1.88. The minimum absolute atomic E-state index is 0.127. The van der Waals surface area contributed by atoms with E-state index in [-0.39, 0.29) is 11.9 Å². The maximum absolute atomic E-state index is 12.7. The molecule has 0 aromatic rings. The van der Waals surface area contributed by atoms with Gasteiger partial charge >= 0.3 is 6.09 Å². The Morgan fingerprint density at radius 2 is 1.71 bits per heavy atom. The zero-order valence-electron chi connectivity index (χ0n) is 16.1. The van der Waals surface area contributed by atoms with Gasteiger partial charge in [0, 0.05) is 0 Å². The summed E-state index contributed by atoms with van der Waals surface area (Å²) >= 11 is 0. The molecule has 1 heterocycles. The molecule has 6 heteroatoms. The van der Waals surface area contributed by atoms with Crippen LogP contribution in [-0.2, 0) is 14.0 Å². The molecule has 1 saturated heterocycles. The van der Waals surface area contributed by atoms with Crippen LogP contribution in [0.2, 0.25) is 18.1 Å². The fourth-order valence-corrected chi connectivity index (χ4v) is 6.41. The quantitative estimate of drug-likeness (QED) is 0.526. The lowest BCUT2D eigenvalue weighted by atomic mass is 9.73. The molecule has 2 amide bonds. The van der Waals surface area contributed by atoms with Crippen LogP contribution >= 0.6 is 0 Å². The van der Waals surface area contributed by atoms with Crippen molar-refractivity contribution >= 4 is 20.3 Å². The van der Waals surface area contributed by atoms with E-state index < -0.39 is 26.1 Å². The van der Waals surface area contributed by atoms with Crippen LogP contribution in [-0.4, -0.2) is 43.0 Å². The van der Waals surface area contributed by atoms with Crippen molar-refractivity contribution in [2.24, 2.45) is 5.92 Å². The van der Waals surface area contributed by atoms with Gasteiger partial charge in [-0.05, 0) is 57.7 Å². The first kappa shape index (κ1) is 19.4. The van der Waals surface area contributed by atoms with Crippen molar-refractivity contribution in [3.8, 4) is 0 Å². The summed E-state index contributed by atoms with van der Waals surface area (Å²) in [7, 11) is -1.88. The van der Waals surface area contributed by atoms with Crippen LogP contribution in [0.25, 0.3) is 0 Å². The van der Waals surface area contributed by atoms with Crippen LogP contribution < -0.4 is 0 Å². The number of rotatable bonds is 6. The predicted molar refractivity (Wildman–Crippen MR) is 96.3 cm³/mol. The Hall–Kier alpha value is -0.883. The van der Waals surface area contributed by atoms with Crippen LogP contribution in [0.4, 0.5) is 4.79 Å². The highest BCUT2D eigenvalue weighted by Gasteiger charge is 2.58. The lowest BCUT2D eigenvalue weighted by Crippen LogP contribution is -2.72. The van der Waals surface area contributed by atoms with E-state index in [9.17, 15) is 9.59 Å². The molecule has 2 aliphatic rings. The first-order valence-corrected chi connectivity index (χ1v) is 11.9. The van der Waals surface area contributed by atoms with E-state index in [1.54, 1.807) is 0 Å². The predicted octanol–water partition coefficient (Wildman–Crippen LogP) is 4.32.